The number of nitrogens with one attached hydrogen (secondary N) is 1. The molecule has 1 aliphatic carbocycles. The van der Waals surface area contributed by atoms with Gasteiger partial charge < -0.3 is 5.32 Å². The number of benzene rings is 1. The van der Waals surface area contributed by atoms with Gasteiger partial charge in [0.2, 0.25) is 0 Å². The van der Waals surface area contributed by atoms with Gasteiger partial charge >= 0.3 is 0 Å². The van der Waals surface area contributed by atoms with Gasteiger partial charge in [-0.2, -0.15) is 0 Å². The van der Waals surface area contributed by atoms with E-state index in [0.29, 0.717) is 5.41 Å². The molecule has 1 saturated carbocycles. The molecule has 1 fully saturated rings. The van der Waals surface area contributed by atoms with E-state index in [2.05, 4.69) is 66.3 Å². The Kier molecular flexibility index (Phi) is 6.31. The number of rotatable bonds is 6. The van der Waals surface area contributed by atoms with Gasteiger partial charge in [0.05, 0.1) is 0 Å². The van der Waals surface area contributed by atoms with Crippen LogP contribution in [0.1, 0.15) is 52.0 Å². The lowest BCUT2D eigenvalue weighted by Gasteiger charge is -2.41. The van der Waals surface area contributed by atoms with Crippen LogP contribution in [0.15, 0.2) is 28.7 Å². The molecule has 1 aromatic rings. The second-order valence-corrected chi connectivity index (χ2v) is 8.38. The molecule has 0 bridgehead atoms. The van der Waals surface area contributed by atoms with Crippen molar-refractivity contribution in [2.45, 2.75) is 52.9 Å². The van der Waals surface area contributed by atoms with Crippen LogP contribution >= 0.6 is 15.9 Å². The van der Waals surface area contributed by atoms with E-state index in [1.54, 1.807) is 0 Å². The predicted molar refractivity (Wildman–Crippen MR) is 95.6 cm³/mol. The van der Waals surface area contributed by atoms with E-state index in [9.17, 15) is 0 Å². The van der Waals surface area contributed by atoms with E-state index in [1.165, 1.54) is 48.7 Å². The zero-order chi connectivity index (χ0) is 15.3. The van der Waals surface area contributed by atoms with E-state index < -0.39 is 0 Å². The highest BCUT2D eigenvalue weighted by molar-refractivity contribution is 9.10. The Balaban J connectivity index is 2.02. The molecule has 118 valence electrons. The number of hydrogen-bond donors (Lipinski definition) is 1. The topological polar surface area (TPSA) is 12.0 Å². The number of hydrogen-bond acceptors (Lipinski definition) is 1. The summed E-state index contributed by atoms with van der Waals surface area (Å²) in [6.07, 6.45) is 6.57. The summed E-state index contributed by atoms with van der Waals surface area (Å²) >= 11 is 3.60. The molecule has 1 aromatic carbocycles. The minimum absolute atomic E-state index is 0.512. The Labute approximate surface area is 139 Å². The number of halogens is 1. The van der Waals surface area contributed by atoms with Crippen LogP contribution in [-0.4, -0.2) is 13.1 Å². The van der Waals surface area contributed by atoms with Gasteiger partial charge in [0.25, 0.3) is 0 Å². The van der Waals surface area contributed by atoms with Crippen molar-refractivity contribution < 1.29 is 0 Å². The van der Waals surface area contributed by atoms with Crippen molar-refractivity contribution in [3.8, 4) is 0 Å². The van der Waals surface area contributed by atoms with Gasteiger partial charge in [-0.1, -0.05) is 48.8 Å². The molecule has 0 saturated heterocycles. The lowest BCUT2D eigenvalue weighted by atomic mass is 9.65. The third kappa shape index (κ3) is 5.41. The fraction of sp³-hybridized carbons (Fsp3) is 0.684. The molecule has 2 unspecified atom stereocenters. The highest BCUT2D eigenvalue weighted by Gasteiger charge is 2.34. The minimum Gasteiger partial charge on any atom is -0.316 e. The van der Waals surface area contributed by atoms with Gasteiger partial charge in [-0.15, -0.1) is 0 Å². The van der Waals surface area contributed by atoms with Crippen LogP contribution in [0.25, 0.3) is 0 Å². The van der Waals surface area contributed by atoms with E-state index >= 15 is 0 Å². The molecule has 0 amide bonds. The summed E-state index contributed by atoms with van der Waals surface area (Å²) in [4.78, 5) is 0. The van der Waals surface area contributed by atoms with Crippen LogP contribution in [0.5, 0.6) is 0 Å². The molecular formula is C19H30BrN. The zero-order valence-electron chi connectivity index (χ0n) is 13.8. The van der Waals surface area contributed by atoms with Crippen molar-refractivity contribution in [2.24, 2.45) is 17.3 Å². The van der Waals surface area contributed by atoms with E-state index in [-0.39, 0.29) is 0 Å². The van der Waals surface area contributed by atoms with Crippen LogP contribution in [0.4, 0.5) is 0 Å². The summed E-state index contributed by atoms with van der Waals surface area (Å²) in [5, 5.41) is 3.65. The molecule has 2 atom stereocenters. The SMILES string of the molecule is CCCNCC1CCC(C)(C)CC1Cc1cccc(Br)c1. The van der Waals surface area contributed by atoms with E-state index in [4.69, 9.17) is 0 Å². The second-order valence-electron chi connectivity index (χ2n) is 7.47. The van der Waals surface area contributed by atoms with Gasteiger partial charge in [0.1, 0.15) is 0 Å². The van der Waals surface area contributed by atoms with Gasteiger partial charge in [-0.05, 0) is 80.1 Å². The Morgan fingerprint density at radius 1 is 1.29 bits per heavy atom. The Bertz CT molecular complexity index is 441. The zero-order valence-corrected chi connectivity index (χ0v) is 15.4. The third-order valence-corrected chi connectivity index (χ3v) is 5.39. The largest absolute Gasteiger partial charge is 0.316 e. The van der Waals surface area contributed by atoms with Crippen LogP contribution in [0, 0.1) is 17.3 Å². The smallest absolute Gasteiger partial charge is 0.0177 e. The first kappa shape index (κ1) is 17.0. The summed E-state index contributed by atoms with van der Waals surface area (Å²) < 4.78 is 1.20. The van der Waals surface area contributed by atoms with Crippen molar-refractivity contribution in [3.05, 3.63) is 34.3 Å². The summed E-state index contributed by atoms with van der Waals surface area (Å²) in [5.74, 6) is 1.65. The van der Waals surface area contributed by atoms with Gasteiger partial charge in [-0.3, -0.25) is 0 Å². The first-order valence-corrected chi connectivity index (χ1v) is 9.24. The average Bonchev–Trinajstić information content (AvgIpc) is 2.41. The highest BCUT2D eigenvalue weighted by atomic mass is 79.9. The molecule has 0 aromatic heterocycles. The molecule has 1 nitrogen and oxygen atoms in total. The van der Waals surface area contributed by atoms with Crippen molar-refractivity contribution in [1.29, 1.82) is 0 Å². The van der Waals surface area contributed by atoms with Gasteiger partial charge in [-0.25, -0.2) is 0 Å². The molecule has 2 rings (SSSR count). The van der Waals surface area contributed by atoms with E-state index in [0.717, 1.165) is 18.4 Å². The standard InChI is InChI=1S/C19H30BrN/c1-4-10-21-14-16-8-9-19(2,3)13-17(16)11-15-6-5-7-18(20)12-15/h5-7,12,16-17,21H,4,8-11,13-14H2,1-3H3. The normalized spacial score (nSPS) is 25.0. The summed E-state index contributed by atoms with van der Waals surface area (Å²) in [7, 11) is 0. The monoisotopic (exact) mass is 351 g/mol. The molecular weight excluding hydrogens is 322 g/mol. The predicted octanol–water partition coefficient (Wildman–Crippen LogP) is 5.43. The average molecular weight is 352 g/mol. The van der Waals surface area contributed by atoms with Crippen LogP contribution in [-0.2, 0) is 6.42 Å². The van der Waals surface area contributed by atoms with Crippen molar-refractivity contribution in [3.63, 3.8) is 0 Å². The quantitative estimate of drug-likeness (QED) is 0.673. The molecule has 1 aliphatic rings. The van der Waals surface area contributed by atoms with E-state index in [1.807, 2.05) is 0 Å². The molecule has 0 radical (unpaired) electrons. The molecule has 1 N–H and O–H groups in total. The van der Waals surface area contributed by atoms with Gasteiger partial charge in [0, 0.05) is 4.47 Å². The molecule has 2 heteroatoms. The van der Waals surface area contributed by atoms with Crippen LogP contribution in [0.3, 0.4) is 0 Å². The Morgan fingerprint density at radius 2 is 2.10 bits per heavy atom. The summed E-state index contributed by atoms with van der Waals surface area (Å²) in [5.41, 5.74) is 1.99. The third-order valence-electron chi connectivity index (χ3n) is 4.89. The van der Waals surface area contributed by atoms with Crippen molar-refractivity contribution >= 4 is 15.9 Å². The summed E-state index contributed by atoms with van der Waals surface area (Å²) in [6, 6.07) is 8.85. The maximum absolute atomic E-state index is 3.65. The fourth-order valence-corrected chi connectivity index (χ4v) is 4.18. The fourth-order valence-electron chi connectivity index (χ4n) is 3.73. The second kappa shape index (κ2) is 7.78. The highest BCUT2D eigenvalue weighted by Crippen LogP contribution is 2.43. The Hall–Kier alpha value is -0.340. The lowest BCUT2D eigenvalue weighted by molar-refractivity contribution is 0.116. The minimum atomic E-state index is 0.512. The molecule has 0 heterocycles. The van der Waals surface area contributed by atoms with Gasteiger partial charge in [0.15, 0.2) is 0 Å². The first-order chi connectivity index (χ1) is 10.00. The molecule has 0 aliphatic heterocycles. The van der Waals surface area contributed by atoms with Crippen LogP contribution < -0.4 is 5.32 Å². The lowest BCUT2D eigenvalue weighted by Crippen LogP contribution is -2.37. The summed E-state index contributed by atoms with van der Waals surface area (Å²) in [6.45, 7) is 9.48. The van der Waals surface area contributed by atoms with Crippen LogP contribution in [0.2, 0.25) is 0 Å². The molecule has 0 spiro atoms. The maximum Gasteiger partial charge on any atom is 0.0177 e. The van der Waals surface area contributed by atoms with Crippen molar-refractivity contribution in [2.75, 3.05) is 13.1 Å². The maximum atomic E-state index is 3.65. The van der Waals surface area contributed by atoms with Crippen molar-refractivity contribution in [1.82, 2.24) is 5.32 Å². The first-order valence-electron chi connectivity index (χ1n) is 8.45. The Morgan fingerprint density at radius 3 is 2.81 bits per heavy atom. The molecule has 21 heavy (non-hydrogen) atoms.